The first-order valence-electron chi connectivity index (χ1n) is 9.01. The second-order valence-electron chi connectivity index (χ2n) is 6.76. The molecule has 4 rings (SSSR count). The van der Waals surface area contributed by atoms with E-state index in [-0.39, 0.29) is 5.91 Å². The Morgan fingerprint density at radius 1 is 0.963 bits per heavy atom. The summed E-state index contributed by atoms with van der Waals surface area (Å²) in [5.41, 5.74) is 3.14. The van der Waals surface area contributed by atoms with Crippen molar-refractivity contribution in [1.29, 1.82) is 0 Å². The molecule has 1 saturated heterocycles. The monoisotopic (exact) mass is 380 g/mol. The van der Waals surface area contributed by atoms with Crippen molar-refractivity contribution < 1.29 is 4.79 Å². The highest BCUT2D eigenvalue weighted by molar-refractivity contribution is 6.30. The molecule has 1 fully saturated rings. The summed E-state index contributed by atoms with van der Waals surface area (Å²) in [6.07, 6.45) is 0. The molecule has 0 unspecified atom stereocenters. The maximum Gasteiger partial charge on any atom is 0.272 e. The molecule has 1 aliphatic heterocycles. The highest BCUT2D eigenvalue weighted by atomic mass is 35.5. The second kappa shape index (κ2) is 7.55. The van der Waals surface area contributed by atoms with Crippen LogP contribution in [0.4, 0.5) is 0 Å². The van der Waals surface area contributed by atoms with Gasteiger partial charge in [-0.2, -0.15) is 5.10 Å². The zero-order chi connectivity index (χ0) is 18.8. The minimum atomic E-state index is 0.0136. The number of piperazine rings is 1. The van der Waals surface area contributed by atoms with Crippen LogP contribution >= 0.6 is 11.6 Å². The molecule has 3 aromatic rings. The molecule has 1 aliphatic rings. The Bertz CT molecular complexity index is 929. The number of para-hydroxylation sites is 1. The number of carbonyl (C=O) groups excluding carboxylic acids is 1. The number of hydrogen-bond donors (Lipinski definition) is 0. The van der Waals surface area contributed by atoms with Crippen LogP contribution in [0.1, 0.15) is 10.5 Å². The molecule has 1 amide bonds. The first-order chi connectivity index (χ1) is 13.1. The van der Waals surface area contributed by atoms with Gasteiger partial charge in [0, 0.05) is 36.8 Å². The molecule has 0 aliphatic carbocycles. The number of amides is 1. The predicted molar refractivity (Wildman–Crippen MR) is 107 cm³/mol. The fourth-order valence-electron chi connectivity index (χ4n) is 3.23. The van der Waals surface area contributed by atoms with Gasteiger partial charge in [-0.25, -0.2) is 4.68 Å². The zero-order valence-electron chi connectivity index (χ0n) is 15.2. The van der Waals surface area contributed by atoms with Gasteiger partial charge in [0.05, 0.1) is 11.4 Å². The van der Waals surface area contributed by atoms with Gasteiger partial charge in [0.2, 0.25) is 0 Å². The Morgan fingerprint density at radius 2 is 1.63 bits per heavy atom. The van der Waals surface area contributed by atoms with E-state index >= 15 is 0 Å². The average Bonchev–Trinajstić information content (AvgIpc) is 3.15. The van der Waals surface area contributed by atoms with E-state index in [0.717, 1.165) is 43.1 Å². The van der Waals surface area contributed by atoms with Crippen LogP contribution in [0, 0.1) is 0 Å². The summed E-state index contributed by atoms with van der Waals surface area (Å²) >= 11 is 6.00. The minimum absolute atomic E-state index is 0.0136. The number of aromatic nitrogens is 2. The average molecular weight is 381 g/mol. The van der Waals surface area contributed by atoms with Crippen LogP contribution in [0.25, 0.3) is 16.9 Å². The highest BCUT2D eigenvalue weighted by Crippen LogP contribution is 2.24. The van der Waals surface area contributed by atoms with Gasteiger partial charge in [0.1, 0.15) is 5.69 Å². The van der Waals surface area contributed by atoms with Crippen molar-refractivity contribution in [1.82, 2.24) is 19.6 Å². The van der Waals surface area contributed by atoms with E-state index in [1.54, 1.807) is 4.68 Å². The highest BCUT2D eigenvalue weighted by Gasteiger charge is 2.25. The largest absolute Gasteiger partial charge is 0.335 e. The molecular formula is C21H21ClN4O. The van der Waals surface area contributed by atoms with E-state index in [2.05, 4.69) is 11.9 Å². The van der Waals surface area contributed by atoms with Crippen LogP contribution in [-0.2, 0) is 0 Å². The Kier molecular flexibility index (Phi) is 4.97. The molecule has 138 valence electrons. The Labute approximate surface area is 163 Å². The van der Waals surface area contributed by atoms with Crippen LogP contribution in [0.15, 0.2) is 60.7 Å². The molecule has 27 heavy (non-hydrogen) atoms. The van der Waals surface area contributed by atoms with Gasteiger partial charge < -0.3 is 9.80 Å². The van der Waals surface area contributed by atoms with Crippen molar-refractivity contribution in [2.75, 3.05) is 33.2 Å². The molecule has 0 N–H and O–H groups in total. The number of rotatable bonds is 3. The summed E-state index contributed by atoms with van der Waals surface area (Å²) < 4.78 is 1.74. The van der Waals surface area contributed by atoms with Crippen molar-refractivity contribution in [3.8, 4) is 16.9 Å². The molecule has 0 radical (unpaired) electrons. The minimum Gasteiger partial charge on any atom is -0.335 e. The quantitative estimate of drug-likeness (QED) is 0.697. The molecule has 0 saturated carbocycles. The third-order valence-electron chi connectivity index (χ3n) is 4.86. The van der Waals surface area contributed by atoms with Gasteiger partial charge in [-0.05, 0) is 37.4 Å². The Morgan fingerprint density at radius 3 is 2.30 bits per heavy atom. The summed E-state index contributed by atoms with van der Waals surface area (Å²) in [4.78, 5) is 17.4. The third kappa shape index (κ3) is 3.75. The van der Waals surface area contributed by atoms with Gasteiger partial charge >= 0.3 is 0 Å². The molecule has 2 heterocycles. The normalized spacial score (nSPS) is 15.1. The van der Waals surface area contributed by atoms with Crippen molar-refractivity contribution in [2.45, 2.75) is 0 Å². The maximum atomic E-state index is 13.2. The maximum absolute atomic E-state index is 13.2. The SMILES string of the molecule is CN1CCN(C(=O)c2cc(-c3ccc(Cl)cc3)nn2-c2ccccc2)CC1. The summed E-state index contributed by atoms with van der Waals surface area (Å²) in [6, 6.07) is 19.1. The molecule has 0 atom stereocenters. The van der Waals surface area contributed by atoms with Gasteiger partial charge in [0.15, 0.2) is 0 Å². The van der Waals surface area contributed by atoms with Crippen LogP contribution in [-0.4, -0.2) is 58.7 Å². The topological polar surface area (TPSA) is 41.4 Å². The van der Waals surface area contributed by atoms with E-state index in [4.69, 9.17) is 16.7 Å². The lowest BCUT2D eigenvalue weighted by molar-refractivity contribution is 0.0655. The van der Waals surface area contributed by atoms with Gasteiger partial charge in [-0.15, -0.1) is 0 Å². The van der Waals surface area contributed by atoms with Crippen molar-refractivity contribution in [3.05, 3.63) is 71.4 Å². The van der Waals surface area contributed by atoms with E-state index in [0.29, 0.717) is 10.7 Å². The molecule has 5 nitrogen and oxygen atoms in total. The first-order valence-corrected chi connectivity index (χ1v) is 9.39. The van der Waals surface area contributed by atoms with Crippen molar-refractivity contribution >= 4 is 17.5 Å². The third-order valence-corrected chi connectivity index (χ3v) is 5.11. The molecule has 6 heteroatoms. The Balaban J connectivity index is 1.74. The van der Waals surface area contributed by atoms with Gasteiger partial charge in [-0.1, -0.05) is 41.9 Å². The van der Waals surface area contributed by atoms with Crippen LogP contribution < -0.4 is 0 Å². The van der Waals surface area contributed by atoms with E-state index in [9.17, 15) is 4.79 Å². The number of hydrogen-bond acceptors (Lipinski definition) is 3. The lowest BCUT2D eigenvalue weighted by atomic mass is 10.1. The van der Waals surface area contributed by atoms with Crippen molar-refractivity contribution in [2.24, 2.45) is 0 Å². The molecule has 1 aromatic heterocycles. The van der Waals surface area contributed by atoms with E-state index in [1.807, 2.05) is 65.6 Å². The number of carbonyl (C=O) groups is 1. The molecule has 0 spiro atoms. The lowest BCUT2D eigenvalue weighted by Crippen LogP contribution is -2.47. The van der Waals surface area contributed by atoms with Gasteiger partial charge in [-0.3, -0.25) is 4.79 Å². The fourth-order valence-corrected chi connectivity index (χ4v) is 3.36. The smallest absolute Gasteiger partial charge is 0.272 e. The number of likely N-dealkylation sites (N-methyl/N-ethyl adjacent to an activating group) is 1. The van der Waals surface area contributed by atoms with Crippen LogP contribution in [0.3, 0.4) is 0 Å². The van der Waals surface area contributed by atoms with E-state index in [1.165, 1.54) is 0 Å². The summed E-state index contributed by atoms with van der Waals surface area (Å²) in [7, 11) is 2.08. The number of benzene rings is 2. The fraction of sp³-hybridized carbons (Fsp3) is 0.238. The van der Waals surface area contributed by atoms with E-state index < -0.39 is 0 Å². The lowest BCUT2D eigenvalue weighted by Gasteiger charge is -2.32. The standard InChI is InChI=1S/C21H21ClN4O/c1-24-11-13-25(14-12-24)21(27)20-15-19(16-7-9-17(22)10-8-16)23-26(20)18-5-3-2-4-6-18/h2-10,15H,11-14H2,1H3. The zero-order valence-corrected chi connectivity index (χ0v) is 15.9. The number of halogens is 1. The summed E-state index contributed by atoms with van der Waals surface area (Å²) in [5.74, 6) is 0.0136. The second-order valence-corrected chi connectivity index (χ2v) is 7.20. The molecule has 0 bridgehead atoms. The van der Waals surface area contributed by atoms with Crippen LogP contribution in [0.2, 0.25) is 5.02 Å². The molecular weight excluding hydrogens is 360 g/mol. The predicted octanol–water partition coefficient (Wildman–Crippen LogP) is 3.58. The molecule has 2 aromatic carbocycles. The Hall–Kier alpha value is -2.63. The first kappa shape index (κ1) is 17.8. The summed E-state index contributed by atoms with van der Waals surface area (Å²) in [6.45, 7) is 3.22. The van der Waals surface area contributed by atoms with Crippen LogP contribution in [0.5, 0.6) is 0 Å². The number of nitrogens with zero attached hydrogens (tertiary/aromatic N) is 4. The summed E-state index contributed by atoms with van der Waals surface area (Å²) in [5, 5.41) is 5.40. The van der Waals surface area contributed by atoms with Gasteiger partial charge in [0.25, 0.3) is 5.91 Å². The van der Waals surface area contributed by atoms with Crippen molar-refractivity contribution in [3.63, 3.8) is 0 Å².